The monoisotopic (exact) mass is 306 g/mol. The van der Waals surface area contributed by atoms with Crippen molar-refractivity contribution < 1.29 is 13.2 Å². The van der Waals surface area contributed by atoms with Crippen molar-refractivity contribution in [2.24, 2.45) is 11.8 Å². The molecule has 0 bridgehead atoms. The van der Waals surface area contributed by atoms with Crippen molar-refractivity contribution in [3.63, 3.8) is 0 Å². The number of amides is 1. The molecule has 0 aromatic carbocycles. The minimum absolute atomic E-state index is 0.0137. The standard InChI is InChI=1S/C12H22N2O3S2/c1-3-19(16,17)11-8-18-5-4-14(11)12(15)10-7-13-6-9(10)2/h9-11,13H,3-8H2,1-2H3/t9-,10-,11?/m1/s1. The van der Waals surface area contributed by atoms with Crippen molar-refractivity contribution >= 4 is 27.5 Å². The molecule has 110 valence electrons. The first-order valence-electron chi connectivity index (χ1n) is 6.78. The number of nitrogens with zero attached hydrogens (tertiary/aromatic N) is 1. The van der Waals surface area contributed by atoms with Gasteiger partial charge in [0.05, 0.1) is 5.92 Å². The van der Waals surface area contributed by atoms with Crippen LogP contribution in [0.5, 0.6) is 0 Å². The van der Waals surface area contributed by atoms with Gasteiger partial charge in [-0.25, -0.2) is 8.42 Å². The van der Waals surface area contributed by atoms with Crippen molar-refractivity contribution in [3.8, 4) is 0 Å². The van der Waals surface area contributed by atoms with Crippen LogP contribution in [0.4, 0.5) is 0 Å². The molecule has 3 atom stereocenters. The maximum Gasteiger partial charge on any atom is 0.228 e. The van der Waals surface area contributed by atoms with Gasteiger partial charge in [0.1, 0.15) is 5.37 Å². The summed E-state index contributed by atoms with van der Waals surface area (Å²) in [7, 11) is -3.20. The van der Waals surface area contributed by atoms with Gasteiger partial charge in [-0.2, -0.15) is 11.8 Å². The summed E-state index contributed by atoms with van der Waals surface area (Å²) in [4.78, 5) is 14.2. The summed E-state index contributed by atoms with van der Waals surface area (Å²) in [6.45, 7) is 5.75. The molecular weight excluding hydrogens is 284 g/mol. The van der Waals surface area contributed by atoms with E-state index < -0.39 is 15.2 Å². The van der Waals surface area contributed by atoms with Gasteiger partial charge in [0.2, 0.25) is 5.91 Å². The first kappa shape index (κ1) is 15.1. The number of sulfone groups is 1. The molecule has 2 aliphatic heterocycles. The fourth-order valence-electron chi connectivity index (χ4n) is 2.68. The van der Waals surface area contributed by atoms with E-state index >= 15 is 0 Å². The highest BCUT2D eigenvalue weighted by atomic mass is 32.2. The number of carbonyl (C=O) groups excluding carboxylic acids is 1. The van der Waals surface area contributed by atoms with Crippen LogP contribution in [0, 0.1) is 11.8 Å². The largest absolute Gasteiger partial charge is 0.324 e. The Bertz CT molecular complexity index is 438. The zero-order chi connectivity index (χ0) is 14.0. The molecule has 2 rings (SSSR count). The van der Waals surface area contributed by atoms with Crippen LogP contribution in [0.1, 0.15) is 13.8 Å². The van der Waals surface area contributed by atoms with Crippen molar-refractivity contribution in [2.45, 2.75) is 19.2 Å². The van der Waals surface area contributed by atoms with Gasteiger partial charge in [-0.1, -0.05) is 13.8 Å². The number of rotatable bonds is 3. The summed E-state index contributed by atoms with van der Waals surface area (Å²) in [5.74, 6) is 1.66. The summed E-state index contributed by atoms with van der Waals surface area (Å²) in [5, 5.41) is 2.58. The lowest BCUT2D eigenvalue weighted by molar-refractivity contribution is -0.136. The predicted molar refractivity (Wildman–Crippen MR) is 77.8 cm³/mol. The van der Waals surface area contributed by atoms with Gasteiger partial charge in [0.15, 0.2) is 9.84 Å². The van der Waals surface area contributed by atoms with Gasteiger partial charge < -0.3 is 10.2 Å². The molecule has 7 heteroatoms. The highest BCUT2D eigenvalue weighted by Crippen LogP contribution is 2.26. The average molecular weight is 306 g/mol. The maximum atomic E-state index is 12.6. The Morgan fingerprint density at radius 2 is 2.16 bits per heavy atom. The van der Waals surface area contributed by atoms with Gasteiger partial charge in [-0.3, -0.25) is 4.79 Å². The van der Waals surface area contributed by atoms with E-state index in [2.05, 4.69) is 5.32 Å². The minimum Gasteiger partial charge on any atom is -0.324 e. The molecule has 1 unspecified atom stereocenters. The smallest absolute Gasteiger partial charge is 0.228 e. The zero-order valence-electron chi connectivity index (χ0n) is 11.5. The molecule has 0 spiro atoms. The number of thioether (sulfide) groups is 1. The molecule has 2 aliphatic rings. The van der Waals surface area contributed by atoms with Crippen LogP contribution < -0.4 is 5.32 Å². The number of hydrogen-bond donors (Lipinski definition) is 1. The van der Waals surface area contributed by atoms with Crippen molar-refractivity contribution in [1.29, 1.82) is 0 Å². The first-order chi connectivity index (χ1) is 8.97. The van der Waals surface area contributed by atoms with Crippen molar-refractivity contribution in [1.82, 2.24) is 10.2 Å². The Morgan fingerprint density at radius 3 is 2.74 bits per heavy atom. The topological polar surface area (TPSA) is 66.5 Å². The second-order valence-corrected chi connectivity index (χ2v) is 8.85. The molecule has 0 aromatic rings. The predicted octanol–water partition coefficient (Wildman–Crippen LogP) is 0.178. The summed E-state index contributed by atoms with van der Waals surface area (Å²) in [5.41, 5.74) is 0. The van der Waals surface area contributed by atoms with Crippen LogP contribution in [0.3, 0.4) is 0 Å². The van der Waals surface area contributed by atoms with Crippen LogP contribution in [0.2, 0.25) is 0 Å². The maximum absolute atomic E-state index is 12.6. The van der Waals surface area contributed by atoms with Gasteiger partial charge in [0, 0.05) is 30.3 Å². The van der Waals surface area contributed by atoms with E-state index in [-0.39, 0.29) is 23.5 Å². The zero-order valence-corrected chi connectivity index (χ0v) is 13.1. The quantitative estimate of drug-likeness (QED) is 0.805. The first-order valence-corrected chi connectivity index (χ1v) is 9.65. The second kappa shape index (κ2) is 6.01. The SMILES string of the molecule is CCS(=O)(=O)C1CSCCN1C(=O)[C@@H]1CNC[C@H]1C. The number of carbonyl (C=O) groups is 1. The van der Waals surface area contributed by atoms with Crippen LogP contribution >= 0.6 is 11.8 Å². The summed E-state index contributed by atoms with van der Waals surface area (Å²) < 4.78 is 24.3. The van der Waals surface area contributed by atoms with Gasteiger partial charge in [0.25, 0.3) is 0 Å². The van der Waals surface area contributed by atoms with E-state index in [9.17, 15) is 13.2 Å². The molecule has 0 aliphatic carbocycles. The van der Waals surface area contributed by atoms with E-state index in [1.807, 2.05) is 6.92 Å². The molecule has 2 saturated heterocycles. The van der Waals surface area contributed by atoms with E-state index in [0.29, 0.717) is 18.8 Å². The normalized spacial score (nSPS) is 32.5. The molecule has 5 nitrogen and oxygen atoms in total. The van der Waals surface area contributed by atoms with E-state index in [4.69, 9.17) is 0 Å². The molecule has 19 heavy (non-hydrogen) atoms. The lowest BCUT2D eigenvalue weighted by atomic mass is 9.96. The minimum atomic E-state index is -3.20. The summed E-state index contributed by atoms with van der Waals surface area (Å²) >= 11 is 1.62. The van der Waals surface area contributed by atoms with E-state index in [1.54, 1.807) is 23.6 Å². The summed E-state index contributed by atoms with van der Waals surface area (Å²) in [6, 6.07) is 0. The Hall–Kier alpha value is -0.270. The third-order valence-corrected chi connectivity index (χ3v) is 7.31. The van der Waals surface area contributed by atoms with Crippen molar-refractivity contribution in [2.75, 3.05) is 36.9 Å². The van der Waals surface area contributed by atoms with Crippen molar-refractivity contribution in [3.05, 3.63) is 0 Å². The lowest BCUT2D eigenvalue weighted by Crippen LogP contribution is -2.53. The molecule has 0 radical (unpaired) electrons. The van der Waals surface area contributed by atoms with Gasteiger partial charge >= 0.3 is 0 Å². The number of nitrogens with one attached hydrogen (secondary N) is 1. The van der Waals surface area contributed by atoms with Crippen LogP contribution in [-0.2, 0) is 14.6 Å². The van der Waals surface area contributed by atoms with Gasteiger partial charge in [-0.15, -0.1) is 0 Å². The highest BCUT2D eigenvalue weighted by molar-refractivity contribution is 8.01. The molecule has 2 fully saturated rings. The Morgan fingerprint density at radius 1 is 1.42 bits per heavy atom. The molecule has 0 aromatic heterocycles. The van der Waals surface area contributed by atoms with Gasteiger partial charge in [-0.05, 0) is 12.5 Å². The Labute approximate surface area is 119 Å². The third-order valence-electron chi connectivity index (χ3n) is 4.02. The van der Waals surface area contributed by atoms with E-state index in [1.165, 1.54) is 0 Å². The molecule has 0 saturated carbocycles. The Balaban J connectivity index is 2.18. The molecular formula is C12H22N2O3S2. The van der Waals surface area contributed by atoms with Crippen LogP contribution in [0.15, 0.2) is 0 Å². The second-order valence-electron chi connectivity index (χ2n) is 5.25. The highest BCUT2D eigenvalue weighted by Gasteiger charge is 2.40. The fourth-order valence-corrected chi connectivity index (χ4v) is 5.65. The van der Waals surface area contributed by atoms with Crippen LogP contribution in [-0.4, -0.2) is 61.5 Å². The summed E-state index contributed by atoms with van der Waals surface area (Å²) in [6.07, 6.45) is 0. The van der Waals surface area contributed by atoms with Crippen LogP contribution in [0.25, 0.3) is 0 Å². The fraction of sp³-hybridized carbons (Fsp3) is 0.917. The number of hydrogen-bond acceptors (Lipinski definition) is 5. The third kappa shape index (κ3) is 3.08. The molecule has 1 N–H and O–H groups in total. The molecule has 2 heterocycles. The van der Waals surface area contributed by atoms with E-state index in [0.717, 1.165) is 12.3 Å². The average Bonchev–Trinajstić information content (AvgIpc) is 2.84. The Kier molecular flexibility index (Phi) is 4.79. The lowest BCUT2D eigenvalue weighted by Gasteiger charge is -2.36. The molecule has 1 amide bonds.